The maximum atomic E-state index is 12.9. The number of amides is 1. The van der Waals surface area contributed by atoms with Crippen molar-refractivity contribution in [2.24, 2.45) is 7.05 Å². The molecule has 1 aromatic carbocycles. The van der Waals surface area contributed by atoms with Crippen LogP contribution in [0.25, 0.3) is 0 Å². The predicted molar refractivity (Wildman–Crippen MR) is 78.6 cm³/mol. The Bertz CT molecular complexity index is 625. The zero-order chi connectivity index (χ0) is 15.4. The van der Waals surface area contributed by atoms with Crippen LogP contribution in [0.2, 0.25) is 5.02 Å². The zero-order valence-corrected chi connectivity index (χ0v) is 12.3. The molecular weight excluding hydrogens is 295 g/mol. The Hall–Kier alpha value is -1.85. The van der Waals surface area contributed by atoms with E-state index in [4.69, 9.17) is 16.7 Å². The van der Waals surface area contributed by atoms with E-state index in [1.807, 2.05) is 0 Å². The summed E-state index contributed by atoms with van der Waals surface area (Å²) in [5.74, 6) is -0.559. The number of aromatic nitrogens is 1. The van der Waals surface area contributed by atoms with Gasteiger partial charge < -0.3 is 14.6 Å². The molecular formula is C15H16ClFN2O2. The van der Waals surface area contributed by atoms with Gasteiger partial charge in [0.05, 0.1) is 11.6 Å². The summed E-state index contributed by atoms with van der Waals surface area (Å²) in [4.78, 5) is 14.0. The molecule has 2 rings (SSSR count). The molecule has 0 aliphatic rings. The molecule has 1 amide bonds. The van der Waals surface area contributed by atoms with Crippen LogP contribution in [0.15, 0.2) is 36.5 Å². The maximum absolute atomic E-state index is 12.9. The average Bonchev–Trinajstić information content (AvgIpc) is 2.79. The van der Waals surface area contributed by atoms with E-state index in [1.54, 1.807) is 36.0 Å². The van der Waals surface area contributed by atoms with Crippen molar-refractivity contribution in [2.75, 3.05) is 13.2 Å². The molecule has 2 aromatic rings. The van der Waals surface area contributed by atoms with Gasteiger partial charge in [-0.3, -0.25) is 4.79 Å². The first kappa shape index (κ1) is 15.5. The normalized spacial score (nSPS) is 10.7. The van der Waals surface area contributed by atoms with Gasteiger partial charge in [0.25, 0.3) is 5.91 Å². The number of carbonyl (C=O) groups is 1. The van der Waals surface area contributed by atoms with Crippen LogP contribution in [0.3, 0.4) is 0 Å². The van der Waals surface area contributed by atoms with Crippen LogP contribution >= 0.6 is 11.6 Å². The molecule has 112 valence electrons. The minimum Gasteiger partial charge on any atom is -0.395 e. The molecule has 0 saturated carbocycles. The lowest BCUT2D eigenvalue weighted by atomic mass is 10.2. The Kier molecular flexibility index (Phi) is 4.98. The third-order valence-corrected chi connectivity index (χ3v) is 3.34. The van der Waals surface area contributed by atoms with Crippen molar-refractivity contribution in [3.63, 3.8) is 0 Å². The Labute approximate surface area is 127 Å². The molecule has 0 saturated heterocycles. The van der Waals surface area contributed by atoms with Crippen molar-refractivity contribution in [1.29, 1.82) is 0 Å². The number of hydrogen-bond donors (Lipinski definition) is 1. The summed E-state index contributed by atoms with van der Waals surface area (Å²) in [7, 11) is 1.73. The van der Waals surface area contributed by atoms with Crippen molar-refractivity contribution in [1.82, 2.24) is 9.47 Å². The molecule has 6 heteroatoms. The Balaban J connectivity index is 2.20. The SMILES string of the molecule is Cn1cc(Cl)cc1C(=O)N(CCO)Cc1ccc(F)cc1. The number of benzene rings is 1. The van der Waals surface area contributed by atoms with Crippen molar-refractivity contribution < 1.29 is 14.3 Å². The standard InChI is InChI=1S/C15H16ClFN2O2/c1-18-10-12(16)8-14(18)15(21)19(6-7-20)9-11-2-4-13(17)5-3-11/h2-5,8,10,20H,6-7,9H2,1H3. The molecule has 0 atom stereocenters. The van der Waals surface area contributed by atoms with Crippen LogP contribution in [0.1, 0.15) is 16.1 Å². The highest BCUT2D eigenvalue weighted by Gasteiger charge is 2.19. The Morgan fingerprint density at radius 3 is 2.57 bits per heavy atom. The van der Waals surface area contributed by atoms with E-state index in [0.717, 1.165) is 5.56 Å². The van der Waals surface area contributed by atoms with E-state index in [-0.39, 0.29) is 24.9 Å². The highest BCUT2D eigenvalue weighted by Crippen LogP contribution is 2.16. The third-order valence-electron chi connectivity index (χ3n) is 3.13. The molecule has 1 N–H and O–H groups in total. The van der Waals surface area contributed by atoms with Gasteiger partial charge in [-0.1, -0.05) is 23.7 Å². The average molecular weight is 311 g/mol. The lowest BCUT2D eigenvalue weighted by Gasteiger charge is -2.22. The molecule has 4 nitrogen and oxygen atoms in total. The van der Waals surface area contributed by atoms with E-state index in [1.165, 1.54) is 17.0 Å². The van der Waals surface area contributed by atoms with Gasteiger partial charge in [0.1, 0.15) is 11.5 Å². The molecule has 1 heterocycles. The van der Waals surface area contributed by atoms with Crippen LogP contribution in [-0.4, -0.2) is 33.6 Å². The fourth-order valence-electron chi connectivity index (χ4n) is 2.08. The van der Waals surface area contributed by atoms with Gasteiger partial charge in [0, 0.05) is 26.3 Å². The number of hydrogen-bond acceptors (Lipinski definition) is 2. The Morgan fingerprint density at radius 1 is 1.38 bits per heavy atom. The van der Waals surface area contributed by atoms with E-state index in [2.05, 4.69) is 0 Å². The first-order valence-electron chi connectivity index (χ1n) is 6.47. The third kappa shape index (κ3) is 3.83. The van der Waals surface area contributed by atoms with E-state index >= 15 is 0 Å². The number of aliphatic hydroxyl groups is 1. The van der Waals surface area contributed by atoms with Crippen LogP contribution in [0.5, 0.6) is 0 Å². The number of nitrogens with zero attached hydrogens (tertiary/aromatic N) is 2. The lowest BCUT2D eigenvalue weighted by molar-refractivity contribution is 0.0698. The molecule has 21 heavy (non-hydrogen) atoms. The van der Waals surface area contributed by atoms with Crippen molar-refractivity contribution in [2.45, 2.75) is 6.54 Å². The summed E-state index contributed by atoms with van der Waals surface area (Å²) in [6, 6.07) is 7.50. The number of carbonyl (C=O) groups excluding carboxylic acids is 1. The quantitative estimate of drug-likeness (QED) is 0.922. The van der Waals surface area contributed by atoms with Gasteiger partial charge in [-0.15, -0.1) is 0 Å². The van der Waals surface area contributed by atoms with Crippen molar-refractivity contribution in [3.05, 3.63) is 58.6 Å². The largest absolute Gasteiger partial charge is 0.395 e. The Morgan fingerprint density at radius 2 is 2.05 bits per heavy atom. The van der Waals surface area contributed by atoms with Crippen molar-refractivity contribution in [3.8, 4) is 0 Å². The fourth-order valence-corrected chi connectivity index (χ4v) is 2.33. The smallest absolute Gasteiger partial charge is 0.270 e. The number of aryl methyl sites for hydroxylation is 1. The lowest BCUT2D eigenvalue weighted by Crippen LogP contribution is -2.34. The van der Waals surface area contributed by atoms with Crippen molar-refractivity contribution >= 4 is 17.5 Å². The number of aliphatic hydroxyl groups excluding tert-OH is 1. The first-order chi connectivity index (χ1) is 10.0. The molecule has 0 fully saturated rings. The van der Waals surface area contributed by atoms with Crippen LogP contribution in [0.4, 0.5) is 4.39 Å². The molecule has 0 radical (unpaired) electrons. The minimum absolute atomic E-state index is 0.148. The topological polar surface area (TPSA) is 45.5 Å². The van der Waals surface area contributed by atoms with E-state index in [0.29, 0.717) is 17.3 Å². The zero-order valence-electron chi connectivity index (χ0n) is 11.6. The monoisotopic (exact) mass is 310 g/mol. The summed E-state index contributed by atoms with van der Waals surface area (Å²) in [6.45, 7) is 0.340. The van der Waals surface area contributed by atoms with Gasteiger partial charge in [0.2, 0.25) is 0 Å². The number of halogens is 2. The predicted octanol–water partition coefficient (Wildman–Crippen LogP) is 2.45. The molecule has 0 bridgehead atoms. The van der Waals surface area contributed by atoms with Gasteiger partial charge >= 0.3 is 0 Å². The molecule has 0 unspecified atom stereocenters. The first-order valence-corrected chi connectivity index (χ1v) is 6.85. The summed E-state index contributed by atoms with van der Waals surface area (Å²) in [5, 5.41) is 9.62. The van der Waals surface area contributed by atoms with Gasteiger partial charge in [-0.2, -0.15) is 0 Å². The highest BCUT2D eigenvalue weighted by molar-refractivity contribution is 6.31. The van der Waals surface area contributed by atoms with E-state index < -0.39 is 0 Å². The van der Waals surface area contributed by atoms with Crippen LogP contribution < -0.4 is 0 Å². The van der Waals surface area contributed by atoms with Gasteiger partial charge in [-0.05, 0) is 23.8 Å². The second kappa shape index (κ2) is 6.74. The van der Waals surface area contributed by atoms with Crippen LogP contribution in [0, 0.1) is 5.82 Å². The second-order valence-corrected chi connectivity index (χ2v) is 5.17. The summed E-state index contributed by atoms with van der Waals surface area (Å²) in [6.07, 6.45) is 1.64. The summed E-state index contributed by atoms with van der Waals surface area (Å²) < 4.78 is 14.6. The maximum Gasteiger partial charge on any atom is 0.270 e. The minimum atomic E-state index is -0.326. The fraction of sp³-hybridized carbons (Fsp3) is 0.267. The van der Waals surface area contributed by atoms with Gasteiger partial charge in [0.15, 0.2) is 0 Å². The summed E-state index contributed by atoms with van der Waals surface area (Å²) >= 11 is 5.89. The second-order valence-electron chi connectivity index (χ2n) is 4.73. The molecule has 0 aliphatic heterocycles. The molecule has 1 aromatic heterocycles. The molecule has 0 spiro atoms. The van der Waals surface area contributed by atoms with Crippen LogP contribution in [-0.2, 0) is 13.6 Å². The highest BCUT2D eigenvalue weighted by atomic mass is 35.5. The number of rotatable bonds is 5. The van der Waals surface area contributed by atoms with E-state index in [9.17, 15) is 9.18 Å². The summed E-state index contributed by atoms with van der Waals surface area (Å²) in [5.41, 5.74) is 1.23. The van der Waals surface area contributed by atoms with Gasteiger partial charge in [-0.25, -0.2) is 4.39 Å². The molecule has 0 aliphatic carbocycles.